The monoisotopic (exact) mass is 171 g/mol. The van der Waals surface area contributed by atoms with Gasteiger partial charge in [0.2, 0.25) is 0 Å². The van der Waals surface area contributed by atoms with Gasteiger partial charge in [0.15, 0.2) is 0 Å². The van der Waals surface area contributed by atoms with Gasteiger partial charge in [0.25, 0.3) is 0 Å². The molecule has 72 valence electrons. The van der Waals surface area contributed by atoms with E-state index in [0.29, 0.717) is 17.6 Å². The molecule has 0 aromatic rings. The van der Waals surface area contributed by atoms with Gasteiger partial charge >= 0.3 is 0 Å². The van der Waals surface area contributed by atoms with Crippen molar-refractivity contribution in [3.63, 3.8) is 0 Å². The minimum absolute atomic E-state index is 0.396. The number of hydrogen-bond donors (Lipinski definition) is 1. The molecule has 0 aromatic heterocycles. The lowest BCUT2D eigenvalue weighted by molar-refractivity contribution is 0.0749. The largest absolute Gasteiger partial charge is 0.377 e. The molecule has 2 nitrogen and oxygen atoms in total. The summed E-state index contributed by atoms with van der Waals surface area (Å²) in [5.41, 5.74) is 0.396. The lowest BCUT2D eigenvalue weighted by atomic mass is 9.88. The van der Waals surface area contributed by atoms with Crippen LogP contribution in [0.1, 0.15) is 33.6 Å². The zero-order valence-electron chi connectivity index (χ0n) is 8.68. The summed E-state index contributed by atoms with van der Waals surface area (Å²) < 4.78 is 5.67. The minimum Gasteiger partial charge on any atom is -0.377 e. The van der Waals surface area contributed by atoms with Crippen molar-refractivity contribution >= 4 is 0 Å². The van der Waals surface area contributed by atoms with E-state index in [0.717, 1.165) is 6.61 Å². The standard InChI is InChI=1S/C10H21NO/c1-10(2,3)6-9-5-8(11-4)7-12-9/h8-9,11H,5-7H2,1-4H3. The molecular formula is C10H21NO. The van der Waals surface area contributed by atoms with Crippen LogP contribution in [-0.4, -0.2) is 25.8 Å². The van der Waals surface area contributed by atoms with Crippen molar-refractivity contribution in [1.82, 2.24) is 5.32 Å². The third-order valence-corrected chi connectivity index (χ3v) is 2.33. The summed E-state index contributed by atoms with van der Waals surface area (Å²) >= 11 is 0. The number of rotatable bonds is 2. The van der Waals surface area contributed by atoms with Crippen LogP contribution < -0.4 is 5.32 Å². The maximum atomic E-state index is 5.67. The normalized spacial score (nSPS) is 31.0. The summed E-state index contributed by atoms with van der Waals surface area (Å²) in [6, 6.07) is 0.581. The van der Waals surface area contributed by atoms with Gasteiger partial charge in [0.1, 0.15) is 0 Å². The fourth-order valence-electron chi connectivity index (χ4n) is 1.73. The number of likely N-dealkylation sites (N-methyl/N-ethyl adjacent to an activating group) is 1. The summed E-state index contributed by atoms with van der Waals surface area (Å²) in [6.07, 6.45) is 2.82. The number of ether oxygens (including phenoxy) is 1. The molecule has 1 fully saturated rings. The molecule has 1 N–H and O–H groups in total. The Bertz CT molecular complexity index is 139. The lowest BCUT2D eigenvalue weighted by Gasteiger charge is -2.22. The molecule has 1 heterocycles. The topological polar surface area (TPSA) is 21.3 Å². The molecule has 0 aliphatic carbocycles. The van der Waals surface area contributed by atoms with E-state index in [-0.39, 0.29) is 0 Å². The van der Waals surface area contributed by atoms with Crippen molar-refractivity contribution < 1.29 is 4.74 Å². The van der Waals surface area contributed by atoms with Crippen LogP contribution in [0.15, 0.2) is 0 Å². The molecule has 1 saturated heterocycles. The van der Waals surface area contributed by atoms with Crippen LogP contribution in [-0.2, 0) is 4.74 Å². The minimum atomic E-state index is 0.396. The Morgan fingerprint density at radius 2 is 2.08 bits per heavy atom. The highest BCUT2D eigenvalue weighted by Crippen LogP contribution is 2.27. The molecule has 0 bridgehead atoms. The van der Waals surface area contributed by atoms with Gasteiger partial charge in [-0.2, -0.15) is 0 Å². The summed E-state index contributed by atoms with van der Waals surface area (Å²) in [5.74, 6) is 0. The average Bonchev–Trinajstić information content (AvgIpc) is 2.32. The van der Waals surface area contributed by atoms with Gasteiger partial charge in [0, 0.05) is 6.04 Å². The van der Waals surface area contributed by atoms with Crippen LogP contribution in [0.3, 0.4) is 0 Å². The van der Waals surface area contributed by atoms with Gasteiger partial charge in [-0.3, -0.25) is 0 Å². The Kier molecular flexibility index (Phi) is 3.13. The van der Waals surface area contributed by atoms with Crippen molar-refractivity contribution in [3.8, 4) is 0 Å². The predicted octanol–water partition coefficient (Wildman–Crippen LogP) is 1.80. The van der Waals surface area contributed by atoms with Gasteiger partial charge in [-0.25, -0.2) is 0 Å². The van der Waals surface area contributed by atoms with Gasteiger partial charge in [-0.1, -0.05) is 20.8 Å². The van der Waals surface area contributed by atoms with Gasteiger partial charge < -0.3 is 10.1 Å². The summed E-state index contributed by atoms with van der Waals surface area (Å²) in [5, 5.41) is 3.25. The predicted molar refractivity (Wildman–Crippen MR) is 51.3 cm³/mol. The van der Waals surface area contributed by atoms with E-state index in [2.05, 4.69) is 26.1 Å². The Balaban J connectivity index is 2.28. The lowest BCUT2D eigenvalue weighted by Crippen LogP contribution is -2.25. The Morgan fingerprint density at radius 3 is 2.50 bits per heavy atom. The highest BCUT2D eigenvalue weighted by Gasteiger charge is 2.27. The van der Waals surface area contributed by atoms with Crippen LogP contribution in [0.2, 0.25) is 0 Å². The summed E-state index contributed by atoms with van der Waals surface area (Å²) in [4.78, 5) is 0. The van der Waals surface area contributed by atoms with E-state index in [4.69, 9.17) is 4.74 Å². The third kappa shape index (κ3) is 3.11. The SMILES string of the molecule is CNC1COC(CC(C)(C)C)C1. The van der Waals surface area contributed by atoms with Crippen molar-refractivity contribution in [2.45, 2.75) is 45.8 Å². The molecule has 0 radical (unpaired) electrons. The summed E-state index contributed by atoms with van der Waals surface area (Å²) in [6.45, 7) is 7.69. The van der Waals surface area contributed by atoms with Gasteiger partial charge in [-0.15, -0.1) is 0 Å². The summed E-state index contributed by atoms with van der Waals surface area (Å²) in [7, 11) is 2.01. The molecule has 12 heavy (non-hydrogen) atoms. The smallest absolute Gasteiger partial charge is 0.0624 e. The van der Waals surface area contributed by atoms with Crippen molar-refractivity contribution in [3.05, 3.63) is 0 Å². The van der Waals surface area contributed by atoms with E-state index in [1.807, 2.05) is 7.05 Å². The molecule has 1 aliphatic heterocycles. The maximum absolute atomic E-state index is 5.67. The van der Waals surface area contributed by atoms with Crippen molar-refractivity contribution in [2.75, 3.05) is 13.7 Å². The molecule has 2 unspecified atom stereocenters. The fraction of sp³-hybridized carbons (Fsp3) is 1.00. The third-order valence-electron chi connectivity index (χ3n) is 2.33. The highest BCUT2D eigenvalue weighted by molar-refractivity contribution is 4.80. The first kappa shape index (κ1) is 10.0. The number of nitrogens with one attached hydrogen (secondary N) is 1. The highest BCUT2D eigenvalue weighted by atomic mass is 16.5. The molecule has 2 atom stereocenters. The molecule has 2 heteroatoms. The number of hydrogen-bond acceptors (Lipinski definition) is 2. The second kappa shape index (κ2) is 3.75. The molecule has 1 rings (SSSR count). The second-order valence-electron chi connectivity index (χ2n) is 4.94. The van der Waals surface area contributed by atoms with E-state index in [9.17, 15) is 0 Å². The fourth-order valence-corrected chi connectivity index (χ4v) is 1.73. The molecule has 0 amide bonds. The van der Waals surface area contributed by atoms with Crippen LogP contribution in [0.5, 0.6) is 0 Å². The Labute approximate surface area is 75.7 Å². The Morgan fingerprint density at radius 1 is 1.42 bits per heavy atom. The first-order chi connectivity index (χ1) is 5.51. The molecule has 0 aromatic carbocycles. The van der Waals surface area contributed by atoms with Crippen molar-refractivity contribution in [1.29, 1.82) is 0 Å². The van der Waals surface area contributed by atoms with E-state index in [1.165, 1.54) is 12.8 Å². The van der Waals surface area contributed by atoms with Crippen molar-refractivity contribution in [2.24, 2.45) is 5.41 Å². The molecule has 1 aliphatic rings. The maximum Gasteiger partial charge on any atom is 0.0624 e. The van der Waals surface area contributed by atoms with E-state index in [1.54, 1.807) is 0 Å². The van der Waals surface area contributed by atoms with Crippen LogP contribution in [0.4, 0.5) is 0 Å². The second-order valence-corrected chi connectivity index (χ2v) is 4.94. The first-order valence-corrected chi connectivity index (χ1v) is 4.80. The molecule has 0 spiro atoms. The first-order valence-electron chi connectivity index (χ1n) is 4.80. The van der Waals surface area contributed by atoms with Gasteiger partial charge in [0.05, 0.1) is 12.7 Å². The zero-order chi connectivity index (χ0) is 9.19. The zero-order valence-corrected chi connectivity index (χ0v) is 8.68. The van der Waals surface area contributed by atoms with Gasteiger partial charge in [-0.05, 0) is 25.3 Å². The molecular weight excluding hydrogens is 150 g/mol. The molecule has 0 saturated carbocycles. The Hall–Kier alpha value is -0.0800. The van der Waals surface area contributed by atoms with Crippen LogP contribution in [0.25, 0.3) is 0 Å². The quantitative estimate of drug-likeness (QED) is 0.684. The van der Waals surface area contributed by atoms with Crippen LogP contribution in [0, 0.1) is 5.41 Å². The average molecular weight is 171 g/mol. The van der Waals surface area contributed by atoms with E-state index >= 15 is 0 Å². The van der Waals surface area contributed by atoms with Crippen LogP contribution >= 0.6 is 0 Å². The van der Waals surface area contributed by atoms with E-state index < -0.39 is 0 Å².